The van der Waals surface area contributed by atoms with E-state index in [1.807, 2.05) is 45.0 Å². The first-order chi connectivity index (χ1) is 11.2. The van der Waals surface area contributed by atoms with Crippen molar-refractivity contribution in [3.63, 3.8) is 0 Å². The quantitative estimate of drug-likeness (QED) is 0.427. The van der Waals surface area contributed by atoms with Crippen molar-refractivity contribution in [2.45, 2.75) is 33.7 Å². The maximum absolute atomic E-state index is 12.4. The highest BCUT2D eigenvalue weighted by molar-refractivity contribution is 5.89. The molecule has 5 nitrogen and oxygen atoms in total. The Balaban J connectivity index is 2.73. The van der Waals surface area contributed by atoms with Gasteiger partial charge in [0.25, 0.3) is 0 Å². The van der Waals surface area contributed by atoms with Crippen LogP contribution in [0.4, 0.5) is 10.5 Å². The number of allylic oxidation sites excluding steroid dienone is 1. The number of hydrogen-bond donors (Lipinski definition) is 0. The summed E-state index contributed by atoms with van der Waals surface area (Å²) in [4.78, 5) is 25.2. The van der Waals surface area contributed by atoms with Gasteiger partial charge in [-0.25, -0.2) is 9.59 Å². The average Bonchev–Trinajstić information content (AvgIpc) is 2.51. The number of benzene rings is 1. The number of nitrogens with zero attached hydrogens (tertiary/aromatic N) is 1. The van der Waals surface area contributed by atoms with Gasteiger partial charge in [-0.05, 0) is 45.4 Å². The monoisotopic (exact) mass is 331 g/mol. The van der Waals surface area contributed by atoms with E-state index in [-0.39, 0.29) is 19.3 Å². The summed E-state index contributed by atoms with van der Waals surface area (Å²) in [7, 11) is 0. The minimum absolute atomic E-state index is 0.00479. The fraction of sp³-hybridized carbons (Fsp3) is 0.368. The fourth-order valence-corrected chi connectivity index (χ4v) is 1.99. The van der Waals surface area contributed by atoms with E-state index in [1.54, 1.807) is 11.8 Å². The maximum atomic E-state index is 12.4. The lowest BCUT2D eigenvalue weighted by molar-refractivity contribution is -0.139. The van der Waals surface area contributed by atoms with E-state index in [0.717, 1.165) is 16.8 Å². The van der Waals surface area contributed by atoms with Crippen molar-refractivity contribution in [1.29, 1.82) is 0 Å². The minimum Gasteiger partial charge on any atom is -0.459 e. The van der Waals surface area contributed by atoms with Gasteiger partial charge in [0.2, 0.25) is 0 Å². The summed E-state index contributed by atoms with van der Waals surface area (Å²) in [6, 6.07) is 7.46. The van der Waals surface area contributed by atoms with Gasteiger partial charge < -0.3 is 9.47 Å². The Kier molecular flexibility index (Phi) is 7.24. The third-order valence-corrected chi connectivity index (χ3v) is 3.22. The molecule has 0 atom stereocenters. The summed E-state index contributed by atoms with van der Waals surface area (Å²) in [6.07, 6.45) is -0.491. The highest BCUT2D eigenvalue weighted by atomic mass is 16.6. The largest absolute Gasteiger partial charge is 0.459 e. The van der Waals surface area contributed by atoms with Gasteiger partial charge in [-0.3, -0.25) is 4.90 Å². The normalized spacial score (nSPS) is 10.2. The van der Waals surface area contributed by atoms with Crippen molar-refractivity contribution < 1.29 is 19.1 Å². The van der Waals surface area contributed by atoms with Gasteiger partial charge >= 0.3 is 12.1 Å². The minimum atomic E-state index is -0.499. The number of carbonyl (C=O) groups excluding carboxylic acids is 2. The predicted molar refractivity (Wildman–Crippen MR) is 95.9 cm³/mol. The summed E-state index contributed by atoms with van der Waals surface area (Å²) in [5.41, 5.74) is 2.91. The maximum Gasteiger partial charge on any atom is 0.414 e. The van der Waals surface area contributed by atoms with E-state index >= 15 is 0 Å². The zero-order chi connectivity index (χ0) is 18.3. The highest BCUT2D eigenvalue weighted by Gasteiger charge is 2.21. The van der Waals surface area contributed by atoms with Crippen LogP contribution < -0.4 is 4.90 Å². The van der Waals surface area contributed by atoms with E-state index in [2.05, 4.69) is 13.2 Å². The summed E-state index contributed by atoms with van der Waals surface area (Å²) < 4.78 is 10.1. The number of amides is 1. The van der Waals surface area contributed by atoms with Gasteiger partial charge in [-0.1, -0.05) is 30.9 Å². The van der Waals surface area contributed by atoms with Crippen molar-refractivity contribution in [3.8, 4) is 0 Å². The van der Waals surface area contributed by atoms with Crippen LogP contribution in [0.2, 0.25) is 0 Å². The lowest BCUT2D eigenvalue weighted by Crippen LogP contribution is -2.38. The summed E-state index contributed by atoms with van der Waals surface area (Å²) >= 11 is 0. The fourth-order valence-electron chi connectivity index (χ4n) is 1.99. The molecule has 1 amide bonds. The molecule has 1 rings (SSSR count). The molecule has 0 aromatic heterocycles. The molecule has 24 heavy (non-hydrogen) atoms. The van der Waals surface area contributed by atoms with Gasteiger partial charge in [0.15, 0.2) is 0 Å². The van der Waals surface area contributed by atoms with Crippen molar-refractivity contribution in [2.24, 2.45) is 0 Å². The van der Waals surface area contributed by atoms with Crippen LogP contribution in [0.25, 0.3) is 5.57 Å². The van der Waals surface area contributed by atoms with E-state index in [1.165, 1.54) is 0 Å². The number of esters is 1. The Morgan fingerprint density at radius 1 is 1.12 bits per heavy atom. The number of ether oxygens (including phenoxy) is 2. The summed E-state index contributed by atoms with van der Waals surface area (Å²) in [5, 5.41) is 0. The molecule has 0 aliphatic heterocycles. The van der Waals surface area contributed by atoms with Gasteiger partial charge in [0.1, 0.15) is 13.2 Å². The van der Waals surface area contributed by atoms with Crippen molar-refractivity contribution >= 4 is 23.3 Å². The van der Waals surface area contributed by atoms with Gasteiger partial charge in [0, 0.05) is 17.3 Å². The molecule has 1 aromatic carbocycles. The Morgan fingerprint density at radius 3 is 2.29 bits per heavy atom. The molecular formula is C19H25NO4. The third-order valence-electron chi connectivity index (χ3n) is 3.22. The second-order valence-corrected chi connectivity index (χ2v) is 5.83. The number of hydrogen-bond acceptors (Lipinski definition) is 4. The second-order valence-electron chi connectivity index (χ2n) is 5.83. The van der Waals surface area contributed by atoms with Gasteiger partial charge in [-0.15, -0.1) is 0 Å². The molecule has 0 fully saturated rings. The number of carbonyl (C=O) groups is 2. The predicted octanol–water partition coefficient (Wildman–Crippen LogP) is 4.19. The molecule has 130 valence electrons. The Morgan fingerprint density at radius 2 is 1.75 bits per heavy atom. The topological polar surface area (TPSA) is 55.8 Å². The smallest absolute Gasteiger partial charge is 0.414 e. The van der Waals surface area contributed by atoms with E-state index in [0.29, 0.717) is 5.57 Å². The lowest BCUT2D eigenvalue weighted by Gasteiger charge is -2.26. The molecule has 0 saturated heterocycles. The van der Waals surface area contributed by atoms with Crippen molar-refractivity contribution in [2.75, 3.05) is 18.1 Å². The van der Waals surface area contributed by atoms with Crippen LogP contribution >= 0.6 is 0 Å². The summed E-state index contributed by atoms with van der Waals surface area (Å²) in [6.45, 7) is 14.6. The molecule has 0 unspecified atom stereocenters. The van der Waals surface area contributed by atoms with Crippen LogP contribution in [-0.2, 0) is 14.3 Å². The van der Waals surface area contributed by atoms with Crippen LogP contribution in [-0.4, -0.2) is 31.3 Å². The molecule has 0 spiro atoms. The first-order valence-electron chi connectivity index (χ1n) is 7.78. The molecule has 1 aromatic rings. The highest BCUT2D eigenvalue weighted by Crippen LogP contribution is 2.23. The van der Waals surface area contributed by atoms with E-state index in [9.17, 15) is 9.59 Å². The molecule has 0 saturated carbocycles. The van der Waals surface area contributed by atoms with E-state index < -0.39 is 12.1 Å². The van der Waals surface area contributed by atoms with Gasteiger partial charge in [0.05, 0.1) is 0 Å². The zero-order valence-corrected chi connectivity index (χ0v) is 14.8. The molecule has 0 N–H and O–H groups in total. The van der Waals surface area contributed by atoms with E-state index in [4.69, 9.17) is 9.47 Å². The van der Waals surface area contributed by atoms with Crippen LogP contribution in [0, 0.1) is 0 Å². The second kappa shape index (κ2) is 8.91. The standard InChI is InChI=1S/C19H25NO4/c1-13(2)16-8-7-9-17(12-16)20(15(5)6)19(22)24-11-10-23-18(21)14(3)4/h7-9,12,15H,1,3,10-11H2,2,4-6H3. The molecular weight excluding hydrogens is 306 g/mol. The average molecular weight is 331 g/mol. The van der Waals surface area contributed by atoms with Crippen LogP contribution in [0.1, 0.15) is 33.3 Å². The van der Waals surface area contributed by atoms with Crippen LogP contribution in [0.15, 0.2) is 43.0 Å². The summed E-state index contributed by atoms with van der Waals surface area (Å²) in [5.74, 6) is -0.499. The Hall–Kier alpha value is -2.56. The van der Waals surface area contributed by atoms with Crippen LogP contribution in [0.5, 0.6) is 0 Å². The first-order valence-corrected chi connectivity index (χ1v) is 7.78. The van der Waals surface area contributed by atoms with Crippen molar-refractivity contribution in [1.82, 2.24) is 0 Å². The molecule has 5 heteroatoms. The lowest BCUT2D eigenvalue weighted by atomic mass is 10.1. The van der Waals surface area contributed by atoms with Gasteiger partial charge in [-0.2, -0.15) is 0 Å². The third kappa shape index (κ3) is 5.57. The molecule has 0 bridgehead atoms. The molecule has 0 radical (unpaired) electrons. The first kappa shape index (κ1) is 19.5. The Bertz CT molecular complexity index is 634. The zero-order valence-electron chi connectivity index (χ0n) is 14.8. The Labute approximate surface area is 143 Å². The van der Waals surface area contributed by atoms with Crippen molar-refractivity contribution in [3.05, 3.63) is 48.6 Å². The van der Waals surface area contributed by atoms with Crippen LogP contribution in [0.3, 0.4) is 0 Å². The molecule has 0 heterocycles. The molecule has 0 aliphatic carbocycles. The SMILES string of the molecule is C=C(C)C(=O)OCCOC(=O)N(c1cccc(C(=C)C)c1)C(C)C. The molecule has 0 aliphatic rings. The number of rotatable bonds is 7. The number of anilines is 1.